The summed E-state index contributed by atoms with van der Waals surface area (Å²) in [7, 11) is -3.76. The van der Waals surface area contributed by atoms with E-state index in [0.29, 0.717) is 12.2 Å². The van der Waals surface area contributed by atoms with Crippen LogP contribution in [-0.2, 0) is 16.3 Å². The molecular weight excluding hydrogens is 409 g/mol. The second-order valence-electron chi connectivity index (χ2n) is 6.65. The zero-order valence-corrected chi connectivity index (χ0v) is 17.4. The third-order valence-electron chi connectivity index (χ3n) is 4.46. The molecule has 1 N–H and O–H groups in total. The molecule has 29 heavy (non-hydrogen) atoms. The highest BCUT2D eigenvalue weighted by atomic mass is 32.2. The van der Waals surface area contributed by atoms with E-state index in [4.69, 9.17) is 0 Å². The van der Waals surface area contributed by atoms with Gasteiger partial charge in [-0.2, -0.15) is 0 Å². The Bertz CT molecular complexity index is 1050. The molecule has 0 unspecified atom stereocenters. The lowest BCUT2D eigenvalue weighted by Crippen LogP contribution is -2.17. The number of rotatable bonds is 10. The molecule has 0 saturated heterocycles. The average molecular weight is 432 g/mol. The maximum Gasteiger partial charge on any atom is 0.185 e. The van der Waals surface area contributed by atoms with E-state index in [1.807, 2.05) is 6.07 Å². The maximum absolute atomic E-state index is 14.3. The molecule has 7 heteroatoms. The number of thiophene rings is 1. The van der Waals surface area contributed by atoms with Gasteiger partial charge in [-0.15, -0.1) is 11.3 Å². The van der Waals surface area contributed by atoms with E-state index in [9.17, 15) is 17.6 Å². The summed E-state index contributed by atoms with van der Waals surface area (Å²) in [5.41, 5.74) is 0.355. The molecule has 0 bridgehead atoms. The molecule has 0 amide bonds. The summed E-state index contributed by atoms with van der Waals surface area (Å²) < 4.78 is 39.0. The van der Waals surface area contributed by atoms with Gasteiger partial charge in [0.05, 0.1) is 10.6 Å². The monoisotopic (exact) mass is 431 g/mol. The van der Waals surface area contributed by atoms with Crippen LogP contribution in [0.3, 0.4) is 0 Å². The number of anilines is 1. The van der Waals surface area contributed by atoms with Gasteiger partial charge in [0.2, 0.25) is 0 Å². The van der Waals surface area contributed by atoms with E-state index in [0.717, 1.165) is 25.3 Å². The molecule has 3 rings (SSSR count). The smallest absolute Gasteiger partial charge is 0.185 e. The van der Waals surface area contributed by atoms with Crippen molar-refractivity contribution in [2.24, 2.45) is 0 Å². The number of sulfone groups is 1. The van der Waals surface area contributed by atoms with Gasteiger partial charge in [0.25, 0.3) is 0 Å². The number of carbonyl (C=O) groups excluding carboxylic acids is 1. The number of nitrogens with one attached hydrogen (secondary N) is 1. The van der Waals surface area contributed by atoms with E-state index >= 15 is 0 Å². The Morgan fingerprint density at radius 1 is 1.00 bits per heavy atom. The number of carbonyl (C=O) groups is 1. The fourth-order valence-corrected chi connectivity index (χ4v) is 4.90. The molecule has 0 saturated carbocycles. The highest BCUT2D eigenvalue weighted by molar-refractivity contribution is 7.92. The first-order chi connectivity index (χ1) is 14.0. The second-order valence-corrected chi connectivity index (χ2v) is 9.68. The highest BCUT2D eigenvalue weighted by Crippen LogP contribution is 2.19. The van der Waals surface area contributed by atoms with Crippen LogP contribution in [0.5, 0.6) is 0 Å². The largest absolute Gasteiger partial charge is 0.383 e. The van der Waals surface area contributed by atoms with E-state index in [2.05, 4.69) is 16.8 Å². The molecule has 0 fully saturated rings. The summed E-state index contributed by atoms with van der Waals surface area (Å²) in [6.45, 7) is 0.623. The van der Waals surface area contributed by atoms with Crippen LogP contribution < -0.4 is 5.32 Å². The van der Waals surface area contributed by atoms with E-state index in [1.54, 1.807) is 29.5 Å². The molecule has 4 nitrogen and oxygen atoms in total. The van der Waals surface area contributed by atoms with Crippen molar-refractivity contribution in [3.63, 3.8) is 0 Å². The Balaban J connectivity index is 1.53. The molecular formula is C22H22FNO3S2. The summed E-state index contributed by atoms with van der Waals surface area (Å²) >= 11 is 1.73. The molecule has 1 aromatic heterocycles. The van der Waals surface area contributed by atoms with Gasteiger partial charge in [0, 0.05) is 17.0 Å². The topological polar surface area (TPSA) is 63.2 Å². The Labute approximate surface area is 174 Å². The quantitative estimate of drug-likeness (QED) is 0.363. The molecule has 0 spiro atoms. The van der Waals surface area contributed by atoms with Crippen molar-refractivity contribution in [1.82, 2.24) is 0 Å². The van der Waals surface area contributed by atoms with Crippen LogP contribution in [-0.4, -0.2) is 26.5 Å². The number of benzene rings is 2. The molecule has 152 valence electrons. The zero-order chi connectivity index (χ0) is 20.7. The van der Waals surface area contributed by atoms with Gasteiger partial charge in [0.15, 0.2) is 15.6 Å². The molecule has 0 aliphatic carbocycles. The molecule has 0 aliphatic heterocycles. The maximum atomic E-state index is 14.3. The number of unbranched alkanes of at least 4 members (excludes halogenated alkanes) is 1. The first-order valence-corrected chi connectivity index (χ1v) is 11.9. The predicted octanol–water partition coefficient (Wildman–Crippen LogP) is 4.98. The van der Waals surface area contributed by atoms with Crippen LogP contribution in [0.4, 0.5) is 10.1 Å². The first-order valence-electron chi connectivity index (χ1n) is 9.32. The van der Waals surface area contributed by atoms with Crippen LogP contribution >= 0.6 is 11.3 Å². The minimum Gasteiger partial charge on any atom is -0.383 e. The first kappa shape index (κ1) is 21.2. The van der Waals surface area contributed by atoms with Crippen molar-refractivity contribution in [3.05, 3.63) is 82.3 Å². The van der Waals surface area contributed by atoms with Gasteiger partial charge >= 0.3 is 0 Å². The number of Topliss-reactive ketones (excluding diaryl/α,β-unsaturated/α-hetero) is 1. The van der Waals surface area contributed by atoms with Crippen molar-refractivity contribution in [3.8, 4) is 0 Å². The second kappa shape index (κ2) is 9.80. The fraction of sp³-hybridized carbons (Fsp3) is 0.227. The van der Waals surface area contributed by atoms with Gasteiger partial charge in [-0.05, 0) is 61.0 Å². The summed E-state index contributed by atoms with van der Waals surface area (Å²) in [5, 5.41) is 5.08. The van der Waals surface area contributed by atoms with Crippen molar-refractivity contribution in [2.75, 3.05) is 17.6 Å². The van der Waals surface area contributed by atoms with E-state index < -0.39 is 27.2 Å². The van der Waals surface area contributed by atoms with Gasteiger partial charge in [-0.25, -0.2) is 12.8 Å². The van der Waals surface area contributed by atoms with Crippen molar-refractivity contribution >= 4 is 32.6 Å². The van der Waals surface area contributed by atoms with Crippen LogP contribution in [0.1, 0.15) is 28.1 Å². The summed E-state index contributed by atoms with van der Waals surface area (Å²) in [4.78, 5) is 13.8. The van der Waals surface area contributed by atoms with Crippen molar-refractivity contribution < 1.29 is 17.6 Å². The van der Waals surface area contributed by atoms with E-state index in [-0.39, 0.29) is 10.5 Å². The molecule has 0 radical (unpaired) electrons. The highest BCUT2D eigenvalue weighted by Gasteiger charge is 2.21. The Hall–Kier alpha value is -2.51. The number of aryl methyl sites for hydroxylation is 1. The van der Waals surface area contributed by atoms with Gasteiger partial charge in [0.1, 0.15) is 11.6 Å². The number of ketones is 1. The van der Waals surface area contributed by atoms with Crippen LogP contribution in [0, 0.1) is 5.82 Å². The van der Waals surface area contributed by atoms with Crippen molar-refractivity contribution in [1.29, 1.82) is 0 Å². The number of halogens is 1. The molecule has 2 aromatic carbocycles. The summed E-state index contributed by atoms with van der Waals surface area (Å²) in [6.07, 6.45) is 2.90. The van der Waals surface area contributed by atoms with Crippen LogP contribution in [0.25, 0.3) is 0 Å². The number of hydrogen-bond donors (Lipinski definition) is 1. The lowest BCUT2D eigenvalue weighted by Gasteiger charge is -2.09. The van der Waals surface area contributed by atoms with Crippen molar-refractivity contribution in [2.45, 2.75) is 24.2 Å². The zero-order valence-electron chi connectivity index (χ0n) is 15.8. The van der Waals surface area contributed by atoms with Gasteiger partial charge in [-0.1, -0.05) is 24.3 Å². The minimum atomic E-state index is -3.76. The lowest BCUT2D eigenvalue weighted by atomic mass is 10.1. The Morgan fingerprint density at radius 2 is 1.79 bits per heavy atom. The molecule has 3 aromatic rings. The summed E-state index contributed by atoms with van der Waals surface area (Å²) in [6, 6.07) is 15.9. The molecule has 1 heterocycles. The third-order valence-corrected chi connectivity index (χ3v) is 7.03. The standard InChI is InChI=1S/C22H22FNO3S2/c23-20-15-17(22(25)16-29(26,27)19-9-2-1-3-10-19)11-12-21(20)24-13-5-4-7-18-8-6-14-28-18/h1-3,6,8-12,14-15,24H,4-5,7,13,16H2. The van der Waals surface area contributed by atoms with E-state index in [1.165, 1.54) is 29.1 Å². The lowest BCUT2D eigenvalue weighted by molar-refractivity contribution is 0.102. The normalized spacial score (nSPS) is 11.3. The van der Waals surface area contributed by atoms with Gasteiger partial charge in [-0.3, -0.25) is 4.79 Å². The fourth-order valence-electron chi connectivity index (χ4n) is 2.90. The Kier molecular flexibility index (Phi) is 7.17. The molecule has 0 aliphatic rings. The third kappa shape index (κ3) is 5.98. The molecule has 0 atom stereocenters. The van der Waals surface area contributed by atoms with Crippen LogP contribution in [0.15, 0.2) is 70.9 Å². The SMILES string of the molecule is O=C(CS(=O)(=O)c1ccccc1)c1ccc(NCCCCc2cccs2)c(F)c1. The summed E-state index contributed by atoms with van der Waals surface area (Å²) in [5.74, 6) is -1.88. The predicted molar refractivity (Wildman–Crippen MR) is 115 cm³/mol. The average Bonchev–Trinajstić information content (AvgIpc) is 3.22. The Morgan fingerprint density at radius 3 is 2.48 bits per heavy atom. The van der Waals surface area contributed by atoms with Crippen LogP contribution in [0.2, 0.25) is 0 Å². The number of hydrogen-bond acceptors (Lipinski definition) is 5. The van der Waals surface area contributed by atoms with Gasteiger partial charge < -0.3 is 5.32 Å². The minimum absolute atomic E-state index is 0.0465.